The quantitative estimate of drug-likeness (QED) is 0.489. The van der Waals surface area contributed by atoms with Gasteiger partial charge in [-0.15, -0.1) is 22.9 Å². The Morgan fingerprint density at radius 3 is 2.64 bits per heavy atom. The SMILES string of the molecule is Cc1c(C(=O)C2C(=O)CCCC2=O)ccc2sc(CCl)nc12. The smallest absolute Gasteiger partial charge is 0.181 e. The first kappa shape index (κ1) is 15.3. The van der Waals surface area contributed by atoms with Crippen LogP contribution in [-0.4, -0.2) is 22.3 Å². The number of carbonyl (C=O) groups is 3. The lowest BCUT2D eigenvalue weighted by atomic mass is 9.81. The Morgan fingerprint density at radius 1 is 1.32 bits per heavy atom. The van der Waals surface area contributed by atoms with Crippen molar-refractivity contribution in [1.82, 2.24) is 4.98 Å². The number of aromatic nitrogens is 1. The molecule has 114 valence electrons. The molecule has 1 aromatic heterocycles. The largest absolute Gasteiger partial charge is 0.298 e. The summed E-state index contributed by atoms with van der Waals surface area (Å²) in [6.45, 7) is 1.80. The molecular formula is C16H14ClNO3S. The maximum Gasteiger partial charge on any atom is 0.181 e. The molecule has 2 aromatic rings. The molecule has 0 N–H and O–H groups in total. The predicted molar refractivity (Wildman–Crippen MR) is 85.6 cm³/mol. The minimum Gasteiger partial charge on any atom is -0.298 e. The molecule has 0 amide bonds. The molecule has 0 radical (unpaired) electrons. The summed E-state index contributed by atoms with van der Waals surface area (Å²) in [6.07, 6.45) is 1.15. The van der Waals surface area contributed by atoms with E-state index in [1.54, 1.807) is 19.1 Å². The Hall–Kier alpha value is -1.59. The number of carbonyl (C=O) groups excluding carboxylic acids is 3. The number of thiazole rings is 1. The second-order valence-electron chi connectivity index (χ2n) is 5.41. The summed E-state index contributed by atoms with van der Waals surface area (Å²) in [5.74, 6) is -1.73. The number of alkyl halides is 1. The summed E-state index contributed by atoms with van der Waals surface area (Å²) in [5, 5.41) is 0.786. The summed E-state index contributed by atoms with van der Waals surface area (Å²) in [5.41, 5.74) is 1.84. The number of hydrogen-bond acceptors (Lipinski definition) is 5. The lowest BCUT2D eigenvalue weighted by molar-refractivity contribution is -0.133. The van der Waals surface area contributed by atoms with Gasteiger partial charge in [-0.1, -0.05) is 0 Å². The first-order valence-corrected chi connectivity index (χ1v) is 8.42. The van der Waals surface area contributed by atoms with Crippen LogP contribution in [0.5, 0.6) is 0 Å². The fourth-order valence-corrected chi connectivity index (χ4v) is 3.95. The van der Waals surface area contributed by atoms with Gasteiger partial charge < -0.3 is 0 Å². The molecular weight excluding hydrogens is 322 g/mol. The Balaban J connectivity index is 2.05. The zero-order valence-electron chi connectivity index (χ0n) is 12.0. The van der Waals surface area contributed by atoms with Crippen LogP contribution in [0.15, 0.2) is 12.1 Å². The third-order valence-corrected chi connectivity index (χ3v) is 5.42. The first-order chi connectivity index (χ1) is 10.5. The van der Waals surface area contributed by atoms with E-state index >= 15 is 0 Å². The lowest BCUT2D eigenvalue weighted by Crippen LogP contribution is -2.35. The molecule has 0 unspecified atom stereocenters. The second-order valence-corrected chi connectivity index (χ2v) is 6.79. The van der Waals surface area contributed by atoms with Crippen LogP contribution in [0.3, 0.4) is 0 Å². The highest BCUT2D eigenvalue weighted by molar-refractivity contribution is 7.18. The van der Waals surface area contributed by atoms with E-state index in [2.05, 4.69) is 4.98 Å². The first-order valence-electron chi connectivity index (χ1n) is 7.07. The van der Waals surface area contributed by atoms with Crippen LogP contribution in [0, 0.1) is 12.8 Å². The van der Waals surface area contributed by atoms with Crippen LogP contribution in [0.2, 0.25) is 0 Å². The normalized spacial score (nSPS) is 16.5. The van der Waals surface area contributed by atoms with E-state index in [1.165, 1.54) is 11.3 Å². The van der Waals surface area contributed by atoms with Crippen molar-refractivity contribution in [2.75, 3.05) is 0 Å². The van der Waals surface area contributed by atoms with Gasteiger partial charge in [0.2, 0.25) is 0 Å². The van der Waals surface area contributed by atoms with E-state index in [-0.39, 0.29) is 11.6 Å². The average Bonchev–Trinajstić information content (AvgIpc) is 2.91. The maximum atomic E-state index is 12.7. The molecule has 1 heterocycles. The van der Waals surface area contributed by atoms with Gasteiger partial charge >= 0.3 is 0 Å². The number of nitrogens with zero attached hydrogens (tertiary/aromatic N) is 1. The number of ketones is 3. The average molecular weight is 336 g/mol. The molecule has 0 bridgehead atoms. The van der Waals surface area contributed by atoms with Crippen LogP contribution in [0.25, 0.3) is 10.2 Å². The fourth-order valence-electron chi connectivity index (χ4n) is 2.85. The minimum atomic E-state index is -1.13. The molecule has 0 aliphatic heterocycles. The van der Waals surface area contributed by atoms with Gasteiger partial charge in [-0.2, -0.15) is 0 Å². The van der Waals surface area contributed by atoms with Crippen molar-refractivity contribution in [3.8, 4) is 0 Å². The Labute approximate surface area is 136 Å². The molecule has 4 nitrogen and oxygen atoms in total. The van der Waals surface area contributed by atoms with Crippen LogP contribution in [0.1, 0.15) is 40.2 Å². The van der Waals surface area contributed by atoms with E-state index < -0.39 is 11.7 Å². The summed E-state index contributed by atoms with van der Waals surface area (Å²) in [6, 6.07) is 3.49. The van der Waals surface area contributed by atoms with Gasteiger partial charge in [0.1, 0.15) is 10.9 Å². The van der Waals surface area contributed by atoms with Gasteiger partial charge in [0.05, 0.1) is 16.1 Å². The number of rotatable bonds is 3. The van der Waals surface area contributed by atoms with E-state index in [0.29, 0.717) is 36.3 Å². The minimum absolute atomic E-state index is 0.263. The Morgan fingerprint density at radius 2 is 2.00 bits per heavy atom. The number of aryl methyl sites for hydroxylation is 1. The molecule has 3 rings (SSSR count). The summed E-state index contributed by atoms with van der Waals surface area (Å²) < 4.78 is 0.950. The van der Waals surface area contributed by atoms with E-state index in [1.807, 2.05) is 0 Å². The number of hydrogen-bond donors (Lipinski definition) is 0. The van der Waals surface area contributed by atoms with Crippen molar-refractivity contribution in [2.45, 2.75) is 32.1 Å². The Bertz CT molecular complexity index is 780. The van der Waals surface area contributed by atoms with E-state index in [9.17, 15) is 14.4 Å². The summed E-state index contributed by atoms with van der Waals surface area (Å²) >= 11 is 7.29. The van der Waals surface area contributed by atoms with Gasteiger partial charge in [-0.25, -0.2) is 4.98 Å². The van der Waals surface area contributed by atoms with E-state index in [4.69, 9.17) is 11.6 Å². The molecule has 1 aromatic carbocycles. The van der Waals surface area contributed by atoms with Gasteiger partial charge in [-0.05, 0) is 31.0 Å². The molecule has 1 fully saturated rings. The molecule has 6 heteroatoms. The number of halogens is 1. The monoisotopic (exact) mass is 335 g/mol. The predicted octanol–water partition coefficient (Wildman–Crippen LogP) is 3.46. The molecule has 0 atom stereocenters. The van der Waals surface area contributed by atoms with Crippen molar-refractivity contribution >= 4 is 50.5 Å². The number of benzene rings is 1. The molecule has 1 aliphatic rings. The van der Waals surface area contributed by atoms with Crippen molar-refractivity contribution in [3.63, 3.8) is 0 Å². The highest BCUT2D eigenvalue weighted by atomic mass is 35.5. The van der Waals surface area contributed by atoms with Crippen LogP contribution in [-0.2, 0) is 15.5 Å². The molecule has 22 heavy (non-hydrogen) atoms. The number of Topliss-reactive ketones (excluding diaryl/α,β-unsaturated/α-hetero) is 3. The third kappa shape index (κ3) is 2.48. The van der Waals surface area contributed by atoms with Crippen LogP contribution >= 0.6 is 22.9 Å². The second kappa shape index (κ2) is 5.89. The molecule has 1 saturated carbocycles. The fraction of sp³-hybridized carbons (Fsp3) is 0.375. The zero-order valence-corrected chi connectivity index (χ0v) is 13.6. The summed E-state index contributed by atoms with van der Waals surface area (Å²) in [7, 11) is 0. The molecule has 0 spiro atoms. The highest BCUT2D eigenvalue weighted by Crippen LogP contribution is 2.30. The van der Waals surface area contributed by atoms with Crippen molar-refractivity contribution in [3.05, 3.63) is 28.3 Å². The van der Waals surface area contributed by atoms with Gasteiger partial charge in [0, 0.05) is 18.4 Å². The third-order valence-electron chi connectivity index (χ3n) is 3.99. The maximum absolute atomic E-state index is 12.7. The molecule has 1 aliphatic carbocycles. The topological polar surface area (TPSA) is 64.1 Å². The van der Waals surface area contributed by atoms with Gasteiger partial charge in [-0.3, -0.25) is 14.4 Å². The van der Waals surface area contributed by atoms with Crippen molar-refractivity contribution in [1.29, 1.82) is 0 Å². The highest BCUT2D eigenvalue weighted by Gasteiger charge is 2.37. The van der Waals surface area contributed by atoms with Crippen LogP contribution in [0.4, 0.5) is 0 Å². The zero-order chi connectivity index (χ0) is 15.9. The van der Waals surface area contributed by atoms with Crippen molar-refractivity contribution < 1.29 is 14.4 Å². The molecule has 0 saturated heterocycles. The standard InChI is InChI=1S/C16H14ClNO3S/c1-8-9(5-6-12-15(8)18-13(7-17)22-12)16(21)14-10(19)3-2-4-11(14)20/h5-6,14H,2-4,7H2,1H3. The van der Waals surface area contributed by atoms with E-state index in [0.717, 1.165) is 15.2 Å². The number of fused-ring (bicyclic) bond motifs is 1. The van der Waals surface area contributed by atoms with Crippen molar-refractivity contribution in [2.24, 2.45) is 5.92 Å². The van der Waals surface area contributed by atoms with Gasteiger partial charge in [0.25, 0.3) is 0 Å². The van der Waals surface area contributed by atoms with Crippen LogP contribution < -0.4 is 0 Å². The summed E-state index contributed by atoms with van der Waals surface area (Å²) in [4.78, 5) is 41.0. The van der Waals surface area contributed by atoms with Gasteiger partial charge in [0.15, 0.2) is 17.3 Å². The Kier molecular flexibility index (Phi) is 4.10. The lowest BCUT2D eigenvalue weighted by Gasteiger charge is -2.19.